The summed E-state index contributed by atoms with van der Waals surface area (Å²) >= 11 is 0. The van der Waals surface area contributed by atoms with Crippen LogP contribution < -0.4 is 16.6 Å². The van der Waals surface area contributed by atoms with Crippen LogP contribution in [0, 0.1) is 6.92 Å². The van der Waals surface area contributed by atoms with Crippen LogP contribution in [0.1, 0.15) is 43.1 Å². The zero-order chi connectivity index (χ0) is 16.8. The first-order valence-corrected chi connectivity index (χ1v) is 7.71. The van der Waals surface area contributed by atoms with Crippen molar-refractivity contribution in [2.75, 3.05) is 5.32 Å². The lowest BCUT2D eigenvalue weighted by atomic mass is 9.99. The molecule has 0 aliphatic heterocycles. The van der Waals surface area contributed by atoms with Crippen molar-refractivity contribution in [3.8, 4) is 0 Å². The van der Waals surface area contributed by atoms with E-state index >= 15 is 0 Å². The van der Waals surface area contributed by atoms with Crippen molar-refractivity contribution in [3.05, 3.63) is 57.8 Å². The molecule has 1 atom stereocenters. The van der Waals surface area contributed by atoms with Crippen molar-refractivity contribution in [1.82, 2.24) is 9.97 Å². The third kappa shape index (κ3) is 4.67. The van der Waals surface area contributed by atoms with Crippen LogP contribution in [0.3, 0.4) is 0 Å². The molecule has 2 rings (SSSR count). The van der Waals surface area contributed by atoms with Gasteiger partial charge in [-0.1, -0.05) is 26.0 Å². The van der Waals surface area contributed by atoms with Gasteiger partial charge >= 0.3 is 0 Å². The molecule has 0 spiro atoms. The van der Waals surface area contributed by atoms with Crippen LogP contribution in [0.5, 0.6) is 0 Å². The van der Waals surface area contributed by atoms with E-state index < -0.39 is 0 Å². The third-order valence-corrected chi connectivity index (χ3v) is 3.78. The van der Waals surface area contributed by atoms with Gasteiger partial charge in [0.05, 0.1) is 12.1 Å². The summed E-state index contributed by atoms with van der Waals surface area (Å²) in [6, 6.07) is 8.12. The van der Waals surface area contributed by atoms with Crippen LogP contribution in [0.2, 0.25) is 0 Å². The molecule has 0 saturated heterocycles. The molecule has 4 N–H and O–H groups in total. The number of benzene rings is 1. The van der Waals surface area contributed by atoms with Gasteiger partial charge in [0, 0.05) is 11.9 Å². The van der Waals surface area contributed by atoms with Crippen molar-refractivity contribution < 1.29 is 0 Å². The number of aromatic nitrogens is 2. The van der Waals surface area contributed by atoms with Crippen LogP contribution in [-0.2, 0) is 6.54 Å². The molecule has 122 valence electrons. The summed E-state index contributed by atoms with van der Waals surface area (Å²) < 4.78 is 0. The van der Waals surface area contributed by atoms with Gasteiger partial charge in [-0.25, -0.2) is 9.98 Å². The van der Waals surface area contributed by atoms with Gasteiger partial charge in [0.1, 0.15) is 5.82 Å². The van der Waals surface area contributed by atoms with Gasteiger partial charge in [-0.2, -0.15) is 0 Å². The van der Waals surface area contributed by atoms with Gasteiger partial charge in [0.15, 0.2) is 5.96 Å². The second kappa shape index (κ2) is 7.58. The number of rotatable bonds is 5. The Hall–Kier alpha value is -2.63. The van der Waals surface area contributed by atoms with Crippen LogP contribution in [0.4, 0.5) is 5.69 Å². The fourth-order valence-electron chi connectivity index (χ4n) is 2.11. The maximum atomic E-state index is 11.7. The molecule has 1 heterocycles. The van der Waals surface area contributed by atoms with Crippen LogP contribution in [0.15, 0.2) is 40.2 Å². The average molecular weight is 313 g/mol. The Morgan fingerprint density at radius 2 is 2.09 bits per heavy atom. The van der Waals surface area contributed by atoms with Crippen molar-refractivity contribution in [2.24, 2.45) is 10.7 Å². The highest BCUT2D eigenvalue weighted by Gasteiger charge is 2.03. The summed E-state index contributed by atoms with van der Waals surface area (Å²) in [6.45, 7) is 6.29. The van der Waals surface area contributed by atoms with E-state index in [0.717, 1.165) is 12.1 Å². The van der Waals surface area contributed by atoms with Crippen LogP contribution in [-0.4, -0.2) is 15.9 Å². The van der Waals surface area contributed by atoms with E-state index in [4.69, 9.17) is 5.73 Å². The Labute approximate surface area is 135 Å². The van der Waals surface area contributed by atoms with Crippen molar-refractivity contribution in [1.29, 1.82) is 0 Å². The normalized spacial score (nSPS) is 12.9. The first-order chi connectivity index (χ1) is 11.0. The summed E-state index contributed by atoms with van der Waals surface area (Å²) in [5.41, 5.74) is 8.32. The van der Waals surface area contributed by atoms with Gasteiger partial charge in [-0.15, -0.1) is 0 Å². The zero-order valence-electron chi connectivity index (χ0n) is 13.8. The van der Waals surface area contributed by atoms with Gasteiger partial charge in [-0.3, -0.25) is 4.79 Å². The number of anilines is 1. The highest BCUT2D eigenvalue weighted by atomic mass is 16.1. The first-order valence-electron chi connectivity index (χ1n) is 7.71. The van der Waals surface area contributed by atoms with E-state index in [9.17, 15) is 4.79 Å². The fraction of sp³-hybridized carbons (Fsp3) is 0.353. The lowest BCUT2D eigenvalue weighted by molar-refractivity contribution is 0.734. The SMILES string of the molecule is CCC(C)c1ccc(NC(N)=NCc2cnc(C)[nH]c2=O)cc1. The van der Waals surface area contributed by atoms with Crippen LogP contribution >= 0.6 is 0 Å². The van der Waals surface area contributed by atoms with E-state index in [2.05, 4.69) is 46.3 Å². The minimum absolute atomic E-state index is 0.187. The quantitative estimate of drug-likeness (QED) is 0.584. The summed E-state index contributed by atoms with van der Waals surface area (Å²) in [4.78, 5) is 22.6. The number of aromatic amines is 1. The molecule has 2 aromatic rings. The van der Waals surface area contributed by atoms with Crippen molar-refractivity contribution in [3.63, 3.8) is 0 Å². The average Bonchev–Trinajstić information content (AvgIpc) is 2.54. The minimum Gasteiger partial charge on any atom is -0.370 e. The number of nitrogens with zero attached hydrogens (tertiary/aromatic N) is 2. The van der Waals surface area contributed by atoms with E-state index in [1.54, 1.807) is 6.92 Å². The molecule has 0 aliphatic carbocycles. The minimum atomic E-state index is -0.188. The molecule has 0 aliphatic rings. The Morgan fingerprint density at radius 3 is 2.70 bits per heavy atom. The molecule has 1 unspecified atom stereocenters. The number of aliphatic imine (C=N–C) groups is 1. The second-order valence-corrected chi connectivity index (χ2v) is 5.58. The van der Waals surface area contributed by atoms with E-state index in [0.29, 0.717) is 17.3 Å². The molecule has 0 saturated carbocycles. The molecule has 0 fully saturated rings. The van der Waals surface area contributed by atoms with Crippen molar-refractivity contribution >= 4 is 11.6 Å². The fourth-order valence-corrected chi connectivity index (χ4v) is 2.11. The maximum absolute atomic E-state index is 11.7. The number of aryl methyl sites for hydroxylation is 1. The smallest absolute Gasteiger partial charge is 0.255 e. The van der Waals surface area contributed by atoms with E-state index in [1.807, 2.05) is 12.1 Å². The lowest BCUT2D eigenvalue weighted by Gasteiger charge is -2.10. The largest absolute Gasteiger partial charge is 0.370 e. The molecule has 0 bridgehead atoms. The monoisotopic (exact) mass is 313 g/mol. The Morgan fingerprint density at radius 1 is 1.39 bits per heavy atom. The second-order valence-electron chi connectivity index (χ2n) is 5.58. The molecule has 1 aromatic carbocycles. The Kier molecular flexibility index (Phi) is 5.51. The summed E-state index contributed by atoms with van der Waals surface area (Å²) in [5, 5.41) is 3.02. The number of nitrogens with one attached hydrogen (secondary N) is 2. The number of H-pyrrole nitrogens is 1. The predicted octanol–water partition coefficient (Wildman–Crippen LogP) is 2.52. The molecular weight excluding hydrogens is 290 g/mol. The van der Waals surface area contributed by atoms with Crippen molar-refractivity contribution in [2.45, 2.75) is 39.7 Å². The number of nitrogens with two attached hydrogens (primary N) is 1. The highest BCUT2D eigenvalue weighted by molar-refractivity contribution is 5.92. The van der Waals surface area contributed by atoms with Gasteiger partial charge in [0.2, 0.25) is 0 Å². The summed E-state index contributed by atoms with van der Waals surface area (Å²) in [5.74, 6) is 1.38. The number of hydrogen-bond acceptors (Lipinski definition) is 3. The third-order valence-electron chi connectivity index (χ3n) is 3.78. The summed E-state index contributed by atoms with van der Waals surface area (Å²) in [6.07, 6.45) is 2.63. The maximum Gasteiger partial charge on any atom is 0.255 e. The van der Waals surface area contributed by atoms with Crippen LogP contribution in [0.25, 0.3) is 0 Å². The topological polar surface area (TPSA) is 96.2 Å². The Bertz CT molecular complexity index is 733. The molecule has 0 amide bonds. The lowest BCUT2D eigenvalue weighted by Crippen LogP contribution is -2.23. The van der Waals surface area contributed by atoms with Gasteiger partial charge in [-0.05, 0) is 37.0 Å². The number of guanidine groups is 1. The Balaban J connectivity index is 2.00. The van der Waals surface area contributed by atoms with E-state index in [1.165, 1.54) is 11.8 Å². The highest BCUT2D eigenvalue weighted by Crippen LogP contribution is 2.20. The molecule has 6 nitrogen and oxygen atoms in total. The predicted molar refractivity (Wildman–Crippen MR) is 93.7 cm³/mol. The zero-order valence-corrected chi connectivity index (χ0v) is 13.8. The molecule has 23 heavy (non-hydrogen) atoms. The molecule has 6 heteroatoms. The van der Waals surface area contributed by atoms with E-state index in [-0.39, 0.29) is 18.1 Å². The molecule has 0 radical (unpaired) electrons. The molecular formula is C17H23N5O. The van der Waals surface area contributed by atoms with Gasteiger partial charge in [0.25, 0.3) is 5.56 Å². The number of hydrogen-bond donors (Lipinski definition) is 3. The molecule has 1 aromatic heterocycles. The van der Waals surface area contributed by atoms with Gasteiger partial charge < -0.3 is 16.0 Å². The summed E-state index contributed by atoms with van der Waals surface area (Å²) in [7, 11) is 0. The standard InChI is InChI=1S/C17H23N5O/c1-4-11(2)13-5-7-15(8-6-13)22-17(18)20-10-14-9-19-12(3)21-16(14)23/h5-9,11H,4,10H2,1-3H3,(H3,18,20,22)(H,19,21,23). The first kappa shape index (κ1) is 16.7.